The number of halogens is 1. The van der Waals surface area contributed by atoms with Gasteiger partial charge in [0.1, 0.15) is 5.82 Å². The highest BCUT2D eigenvalue weighted by Gasteiger charge is 2.49. The Morgan fingerprint density at radius 1 is 1.10 bits per heavy atom. The predicted octanol–water partition coefficient (Wildman–Crippen LogP) is 3.52. The van der Waals surface area contributed by atoms with E-state index in [2.05, 4.69) is 5.32 Å². The number of hydrogen-bond acceptors (Lipinski definition) is 5. The van der Waals surface area contributed by atoms with Gasteiger partial charge in [-0.05, 0) is 24.8 Å². The number of piperazine rings is 1. The maximum atomic E-state index is 14.9. The van der Waals surface area contributed by atoms with Crippen molar-refractivity contribution >= 4 is 11.8 Å². The monoisotopic (exact) mass is 566 g/mol. The molecule has 222 valence electrons. The van der Waals surface area contributed by atoms with Crippen LogP contribution in [0, 0.1) is 23.1 Å². The van der Waals surface area contributed by atoms with Gasteiger partial charge in [0.15, 0.2) is 0 Å². The second kappa shape index (κ2) is 11.7. The highest BCUT2D eigenvalue weighted by atomic mass is 19.1. The van der Waals surface area contributed by atoms with E-state index in [-0.39, 0.29) is 41.0 Å². The third-order valence-electron chi connectivity index (χ3n) is 9.64. The molecule has 0 bridgehead atoms. The molecular weight excluding hydrogens is 523 g/mol. The van der Waals surface area contributed by atoms with Gasteiger partial charge >= 0.3 is 0 Å². The summed E-state index contributed by atoms with van der Waals surface area (Å²) in [4.78, 5) is 44.0. The lowest BCUT2D eigenvalue weighted by Crippen LogP contribution is -2.61. The maximum Gasteiger partial charge on any atom is 0.256 e. The van der Waals surface area contributed by atoms with Crippen LogP contribution in [0.1, 0.15) is 63.2 Å². The van der Waals surface area contributed by atoms with Gasteiger partial charge in [-0.15, -0.1) is 0 Å². The molecule has 2 amide bonds. The predicted molar refractivity (Wildman–Crippen MR) is 156 cm³/mol. The molecule has 1 aliphatic carbocycles. The molecule has 5 rings (SSSR count). The van der Waals surface area contributed by atoms with Crippen molar-refractivity contribution in [2.45, 2.75) is 65.0 Å². The smallest absolute Gasteiger partial charge is 0.256 e. The minimum atomic E-state index is -1.29. The third-order valence-corrected chi connectivity index (χ3v) is 9.64. The van der Waals surface area contributed by atoms with E-state index in [0.717, 1.165) is 6.42 Å². The zero-order chi connectivity index (χ0) is 29.4. The number of aliphatic hydroxyl groups is 1. The first kappa shape index (κ1) is 29.5. The normalized spacial score (nSPS) is 23.6. The van der Waals surface area contributed by atoms with E-state index in [1.165, 1.54) is 42.2 Å². The van der Waals surface area contributed by atoms with Crippen molar-refractivity contribution in [3.8, 4) is 11.1 Å². The highest BCUT2D eigenvalue weighted by Crippen LogP contribution is 2.41. The van der Waals surface area contributed by atoms with Crippen molar-refractivity contribution in [1.82, 2.24) is 19.7 Å². The third kappa shape index (κ3) is 5.97. The number of carbonyl (C=O) groups is 2. The van der Waals surface area contributed by atoms with Crippen molar-refractivity contribution in [1.29, 1.82) is 0 Å². The van der Waals surface area contributed by atoms with Gasteiger partial charge in [0.2, 0.25) is 5.91 Å². The highest BCUT2D eigenvalue weighted by molar-refractivity contribution is 6.00. The molecule has 3 aliphatic rings. The van der Waals surface area contributed by atoms with Crippen molar-refractivity contribution in [2.24, 2.45) is 17.3 Å². The number of amides is 2. The van der Waals surface area contributed by atoms with Gasteiger partial charge in [-0.2, -0.15) is 0 Å². The summed E-state index contributed by atoms with van der Waals surface area (Å²) in [5.41, 5.74) is -1.74. The number of nitrogens with one attached hydrogen (secondary N) is 1. The number of rotatable bonds is 7. The van der Waals surface area contributed by atoms with Gasteiger partial charge in [-0.1, -0.05) is 58.2 Å². The fraction of sp³-hybridized carbons (Fsp3) is 0.594. The summed E-state index contributed by atoms with van der Waals surface area (Å²) in [6, 6.07) is 7.44. The molecule has 8 nitrogen and oxygen atoms in total. The van der Waals surface area contributed by atoms with E-state index >= 15 is 0 Å². The van der Waals surface area contributed by atoms with Crippen molar-refractivity contribution in [2.75, 3.05) is 39.3 Å². The summed E-state index contributed by atoms with van der Waals surface area (Å²) in [6.07, 6.45) is 6.36. The lowest BCUT2D eigenvalue weighted by Gasteiger charge is -2.51. The van der Waals surface area contributed by atoms with Crippen LogP contribution in [0.2, 0.25) is 0 Å². The van der Waals surface area contributed by atoms with Crippen LogP contribution in [0.15, 0.2) is 41.3 Å². The zero-order valence-corrected chi connectivity index (χ0v) is 24.5. The SMILES string of the molecule is C[C@H](CC1CCC1)C(=O)N1CC[C@@](O)(Cn2cc(C(=O)N3CCNCC3)c(-c3ccccc3F)cc2=O)C(C)(C)C1. The Balaban J connectivity index is 1.42. The second-order valence-electron chi connectivity index (χ2n) is 12.9. The molecule has 2 saturated heterocycles. The fourth-order valence-corrected chi connectivity index (χ4v) is 6.57. The minimum Gasteiger partial charge on any atom is -0.387 e. The summed E-state index contributed by atoms with van der Waals surface area (Å²) in [5.74, 6) is -0.0642. The van der Waals surface area contributed by atoms with E-state index in [4.69, 9.17) is 0 Å². The van der Waals surface area contributed by atoms with Crippen LogP contribution in [0.4, 0.5) is 4.39 Å². The standard InChI is InChI=1S/C32H43FN4O4/c1-22(17-23-7-6-8-23)29(39)36-14-11-32(41,31(2,3)20-36)21-37-19-26(30(40)35-15-12-34-13-16-35)25(18-28(37)38)24-9-4-5-10-27(24)33/h4-5,9-10,18-19,22-23,34,41H,6-8,11-17,20-21H2,1-3H3/t22-,32-/m1/s1. The Morgan fingerprint density at radius 2 is 1.80 bits per heavy atom. The Hall–Kier alpha value is -3.04. The average molecular weight is 567 g/mol. The molecule has 0 spiro atoms. The van der Waals surface area contributed by atoms with E-state index in [1.54, 1.807) is 23.1 Å². The Kier molecular flexibility index (Phi) is 8.39. The Labute approximate surface area is 241 Å². The fourth-order valence-electron chi connectivity index (χ4n) is 6.57. The van der Waals surface area contributed by atoms with Gasteiger partial charge in [0.25, 0.3) is 11.5 Å². The van der Waals surface area contributed by atoms with Crippen LogP contribution < -0.4 is 10.9 Å². The summed E-state index contributed by atoms with van der Waals surface area (Å²) in [7, 11) is 0. The van der Waals surface area contributed by atoms with Crippen LogP contribution in [-0.4, -0.2) is 76.2 Å². The molecule has 41 heavy (non-hydrogen) atoms. The zero-order valence-electron chi connectivity index (χ0n) is 24.5. The van der Waals surface area contributed by atoms with Gasteiger partial charge in [0.05, 0.1) is 17.7 Å². The van der Waals surface area contributed by atoms with Crippen LogP contribution >= 0.6 is 0 Å². The maximum absolute atomic E-state index is 14.9. The van der Waals surface area contributed by atoms with E-state index in [9.17, 15) is 23.9 Å². The molecule has 2 aromatic rings. The lowest BCUT2D eigenvalue weighted by atomic mass is 9.69. The number of pyridine rings is 1. The van der Waals surface area contributed by atoms with Gasteiger partial charge in [0, 0.05) is 74.0 Å². The topological polar surface area (TPSA) is 94.9 Å². The number of aromatic nitrogens is 1. The Bertz CT molecular complexity index is 1350. The van der Waals surface area contributed by atoms with E-state index in [1.807, 2.05) is 25.7 Å². The lowest BCUT2D eigenvalue weighted by molar-refractivity contribution is -0.157. The van der Waals surface area contributed by atoms with Crippen molar-refractivity contribution in [3.05, 3.63) is 58.3 Å². The first-order valence-electron chi connectivity index (χ1n) is 15.0. The molecule has 3 heterocycles. The first-order valence-corrected chi connectivity index (χ1v) is 15.0. The number of piperidine rings is 1. The summed E-state index contributed by atoms with van der Waals surface area (Å²) in [6.45, 7) is 8.94. The molecule has 0 unspecified atom stereocenters. The van der Waals surface area contributed by atoms with Crippen molar-refractivity contribution < 1.29 is 19.1 Å². The molecule has 2 aliphatic heterocycles. The Morgan fingerprint density at radius 3 is 2.44 bits per heavy atom. The molecular formula is C32H43FN4O4. The number of hydrogen-bond donors (Lipinski definition) is 2. The van der Waals surface area contributed by atoms with E-state index < -0.39 is 22.4 Å². The van der Waals surface area contributed by atoms with Crippen LogP contribution in [-0.2, 0) is 11.3 Å². The van der Waals surface area contributed by atoms with Crippen LogP contribution in [0.5, 0.6) is 0 Å². The van der Waals surface area contributed by atoms with Crippen LogP contribution in [0.3, 0.4) is 0 Å². The first-order chi connectivity index (χ1) is 19.5. The molecule has 0 radical (unpaired) electrons. The summed E-state index contributed by atoms with van der Waals surface area (Å²) < 4.78 is 16.3. The molecule has 2 atom stereocenters. The number of benzene rings is 1. The van der Waals surface area contributed by atoms with Gasteiger partial charge < -0.3 is 24.8 Å². The average Bonchev–Trinajstić information content (AvgIpc) is 2.93. The van der Waals surface area contributed by atoms with Crippen molar-refractivity contribution in [3.63, 3.8) is 0 Å². The second-order valence-corrected chi connectivity index (χ2v) is 12.9. The summed E-state index contributed by atoms with van der Waals surface area (Å²) >= 11 is 0. The quantitative estimate of drug-likeness (QED) is 0.535. The number of likely N-dealkylation sites (tertiary alicyclic amines) is 1. The summed E-state index contributed by atoms with van der Waals surface area (Å²) in [5, 5.41) is 15.2. The molecule has 3 fully saturated rings. The van der Waals surface area contributed by atoms with E-state index in [0.29, 0.717) is 51.6 Å². The number of nitrogens with zero attached hydrogens (tertiary/aromatic N) is 3. The molecule has 1 aromatic heterocycles. The number of carbonyl (C=O) groups excluding carboxylic acids is 2. The minimum absolute atomic E-state index is 0.0299. The van der Waals surface area contributed by atoms with Crippen LogP contribution in [0.25, 0.3) is 11.1 Å². The van der Waals surface area contributed by atoms with Gasteiger partial charge in [-0.3, -0.25) is 14.4 Å². The molecule has 1 saturated carbocycles. The molecule has 2 N–H and O–H groups in total. The molecule has 1 aromatic carbocycles. The largest absolute Gasteiger partial charge is 0.387 e. The van der Waals surface area contributed by atoms with Gasteiger partial charge in [-0.25, -0.2) is 4.39 Å². The molecule has 9 heteroatoms.